The summed E-state index contributed by atoms with van der Waals surface area (Å²) in [5.74, 6) is 1.09. The molecule has 1 unspecified atom stereocenters. The standard InChI is InChI=1S/C36H32N8O7S2/c1-50-35-40-31(20-23-9-5-3-6-10-23)39-32(41-35)21-24-13-14-25(29(19-24)52(45)46)15-16-26-17-18-28(22-30(26)53(47,48)49)38-34-42-33(43-36(44-34)51-2)37-27-11-7-4-8-12-27/h3-19,22H,20-21H2,1-2H3,(H,45,46)(H,47,48,49)(H2,37,38,42,43,44)/p-1/b16-15+. The van der Waals surface area contributed by atoms with Gasteiger partial charge in [-0.3, -0.25) is 8.76 Å². The summed E-state index contributed by atoms with van der Waals surface area (Å²) < 4.78 is 70.3. The van der Waals surface area contributed by atoms with Crippen LogP contribution in [0.25, 0.3) is 12.2 Å². The van der Waals surface area contributed by atoms with Crippen LogP contribution in [-0.4, -0.2) is 65.9 Å². The number of methoxy groups -OCH3 is 2. The van der Waals surface area contributed by atoms with Gasteiger partial charge in [-0.15, -0.1) is 0 Å². The number of benzene rings is 4. The molecule has 0 amide bonds. The van der Waals surface area contributed by atoms with E-state index in [4.69, 9.17) is 9.47 Å². The first-order valence-electron chi connectivity index (χ1n) is 15.8. The molecule has 6 aromatic rings. The van der Waals surface area contributed by atoms with Crippen molar-refractivity contribution >= 4 is 56.6 Å². The van der Waals surface area contributed by atoms with E-state index in [0.29, 0.717) is 29.3 Å². The van der Waals surface area contributed by atoms with E-state index < -0.39 is 26.1 Å². The van der Waals surface area contributed by atoms with Crippen LogP contribution < -0.4 is 20.1 Å². The molecular weight excluding hydrogens is 721 g/mol. The van der Waals surface area contributed by atoms with Gasteiger partial charge in [0.15, 0.2) is 0 Å². The second-order valence-electron chi connectivity index (χ2n) is 11.2. The lowest BCUT2D eigenvalue weighted by Crippen LogP contribution is -2.07. The van der Waals surface area contributed by atoms with E-state index in [-0.39, 0.29) is 52.0 Å². The van der Waals surface area contributed by atoms with Gasteiger partial charge >= 0.3 is 12.0 Å². The fourth-order valence-corrected chi connectivity index (χ4v) is 6.40. The van der Waals surface area contributed by atoms with Crippen LogP contribution in [0.2, 0.25) is 0 Å². The van der Waals surface area contributed by atoms with Gasteiger partial charge in [0, 0.05) is 29.1 Å². The molecule has 6 rings (SSSR count). The summed E-state index contributed by atoms with van der Waals surface area (Å²) in [5.41, 5.74) is 2.91. The first-order chi connectivity index (χ1) is 25.6. The number of ether oxygens (including phenoxy) is 2. The second kappa shape index (κ2) is 16.5. The maximum atomic E-state index is 12.5. The van der Waals surface area contributed by atoms with Crippen molar-refractivity contribution in [1.29, 1.82) is 0 Å². The van der Waals surface area contributed by atoms with Crippen molar-refractivity contribution in [2.24, 2.45) is 0 Å². The third-order valence-corrected chi connectivity index (χ3v) is 9.15. The predicted molar refractivity (Wildman–Crippen MR) is 197 cm³/mol. The van der Waals surface area contributed by atoms with Crippen molar-refractivity contribution in [2.45, 2.75) is 22.6 Å². The van der Waals surface area contributed by atoms with Crippen molar-refractivity contribution in [3.8, 4) is 12.0 Å². The Kier molecular flexibility index (Phi) is 11.4. The molecule has 2 aromatic heterocycles. The first-order valence-corrected chi connectivity index (χ1v) is 18.3. The lowest BCUT2D eigenvalue weighted by atomic mass is 10.1. The molecular formula is C36H31N8O7S2-. The van der Waals surface area contributed by atoms with Crippen molar-refractivity contribution in [1.82, 2.24) is 29.9 Å². The van der Waals surface area contributed by atoms with Crippen LogP contribution in [0.4, 0.5) is 23.3 Å². The van der Waals surface area contributed by atoms with Crippen LogP contribution >= 0.6 is 0 Å². The normalized spacial score (nSPS) is 12.0. The van der Waals surface area contributed by atoms with Gasteiger partial charge in [-0.25, -0.2) is 4.98 Å². The van der Waals surface area contributed by atoms with Crippen molar-refractivity contribution < 1.29 is 31.2 Å². The van der Waals surface area contributed by atoms with Crippen LogP contribution in [0.5, 0.6) is 12.0 Å². The van der Waals surface area contributed by atoms with E-state index in [9.17, 15) is 21.7 Å². The molecule has 0 bridgehead atoms. The number of anilines is 4. The zero-order chi connectivity index (χ0) is 37.4. The Morgan fingerprint density at radius 3 is 1.87 bits per heavy atom. The molecule has 53 heavy (non-hydrogen) atoms. The average Bonchev–Trinajstić information content (AvgIpc) is 3.14. The molecule has 0 aliphatic carbocycles. The summed E-state index contributed by atoms with van der Waals surface area (Å²) >= 11 is -2.66. The minimum absolute atomic E-state index is 0.00564. The maximum absolute atomic E-state index is 12.5. The lowest BCUT2D eigenvalue weighted by molar-refractivity contribution is 0.373. The molecule has 3 N–H and O–H groups in total. The zero-order valence-corrected chi connectivity index (χ0v) is 29.8. The van der Waals surface area contributed by atoms with Crippen LogP contribution in [-0.2, 0) is 34.0 Å². The molecule has 0 spiro atoms. The number of aromatic nitrogens is 6. The minimum Gasteiger partial charge on any atom is -0.768 e. The SMILES string of the molecule is COc1nc(Cc2ccccc2)nc(Cc2ccc(/C=C/c3ccc(Nc4nc(Nc5ccccc5)nc(OC)n4)cc3S(=O)(=O)O)c(S(=O)[O-])c2)n1. The number of rotatable bonds is 14. The molecule has 0 saturated heterocycles. The molecule has 0 saturated carbocycles. The van der Waals surface area contributed by atoms with Gasteiger partial charge in [0.1, 0.15) is 16.5 Å². The fourth-order valence-electron chi connectivity index (χ4n) is 5.12. The van der Waals surface area contributed by atoms with Crippen LogP contribution in [0, 0.1) is 0 Å². The highest BCUT2D eigenvalue weighted by atomic mass is 32.2. The fraction of sp³-hybridized carbons (Fsp3) is 0.111. The van der Waals surface area contributed by atoms with Crippen LogP contribution in [0.15, 0.2) is 107 Å². The molecule has 1 atom stereocenters. The largest absolute Gasteiger partial charge is 0.768 e. The number of para-hydroxylation sites is 1. The van der Waals surface area contributed by atoms with E-state index in [1.54, 1.807) is 18.2 Å². The highest BCUT2D eigenvalue weighted by Crippen LogP contribution is 2.27. The Labute approximate surface area is 307 Å². The van der Waals surface area contributed by atoms with Crippen LogP contribution in [0.3, 0.4) is 0 Å². The summed E-state index contributed by atoms with van der Waals surface area (Å²) in [4.78, 5) is 25.4. The maximum Gasteiger partial charge on any atom is 0.322 e. The van der Waals surface area contributed by atoms with Crippen LogP contribution in [0.1, 0.15) is 33.9 Å². The summed E-state index contributed by atoms with van der Waals surface area (Å²) in [6.07, 6.45) is 3.47. The number of nitrogens with zero attached hydrogens (tertiary/aromatic N) is 6. The summed E-state index contributed by atoms with van der Waals surface area (Å²) in [7, 11) is -1.90. The molecule has 0 aliphatic rings. The highest BCUT2D eigenvalue weighted by Gasteiger charge is 2.17. The smallest absolute Gasteiger partial charge is 0.322 e. The predicted octanol–water partition coefficient (Wildman–Crippen LogP) is 5.40. The van der Waals surface area contributed by atoms with Crippen molar-refractivity contribution in [3.63, 3.8) is 0 Å². The number of hydrogen-bond acceptors (Lipinski definition) is 14. The Morgan fingerprint density at radius 1 is 0.679 bits per heavy atom. The van der Waals surface area contributed by atoms with Gasteiger partial charge in [-0.2, -0.15) is 33.3 Å². The molecule has 0 radical (unpaired) electrons. The number of nitrogens with one attached hydrogen (secondary N) is 2. The van der Waals surface area contributed by atoms with Gasteiger partial charge in [-0.05, 0) is 63.7 Å². The average molecular weight is 752 g/mol. The Balaban J connectivity index is 1.24. The summed E-state index contributed by atoms with van der Waals surface area (Å²) in [6.45, 7) is 0. The molecule has 17 heteroatoms. The summed E-state index contributed by atoms with van der Waals surface area (Å²) in [5, 5.41) is 5.95. The molecule has 0 aliphatic heterocycles. The topological polar surface area (TPSA) is 214 Å². The van der Waals surface area contributed by atoms with E-state index in [2.05, 4.69) is 40.5 Å². The van der Waals surface area contributed by atoms with E-state index in [0.717, 1.165) is 5.56 Å². The zero-order valence-electron chi connectivity index (χ0n) is 28.2. The third kappa shape index (κ3) is 9.80. The Morgan fingerprint density at radius 2 is 1.25 bits per heavy atom. The minimum atomic E-state index is -4.74. The lowest BCUT2D eigenvalue weighted by Gasteiger charge is -2.13. The summed E-state index contributed by atoms with van der Waals surface area (Å²) in [6, 6.07) is 27.9. The molecule has 0 fully saturated rings. The molecule has 270 valence electrons. The van der Waals surface area contributed by atoms with E-state index in [1.807, 2.05) is 60.7 Å². The van der Waals surface area contributed by atoms with Gasteiger partial charge in [0.2, 0.25) is 11.9 Å². The van der Waals surface area contributed by atoms with Gasteiger partial charge in [0.25, 0.3) is 10.1 Å². The molecule has 2 heterocycles. The number of hydrogen-bond donors (Lipinski definition) is 3. The molecule has 15 nitrogen and oxygen atoms in total. The van der Waals surface area contributed by atoms with Gasteiger partial charge < -0.3 is 24.7 Å². The Hall–Kier alpha value is -6.14. The Bertz CT molecular complexity index is 2400. The molecule has 4 aromatic carbocycles. The van der Waals surface area contributed by atoms with Crippen molar-refractivity contribution in [2.75, 3.05) is 24.9 Å². The van der Waals surface area contributed by atoms with Crippen molar-refractivity contribution in [3.05, 3.63) is 131 Å². The second-order valence-corrected chi connectivity index (χ2v) is 13.5. The van der Waals surface area contributed by atoms with Gasteiger partial charge in [0.05, 0.1) is 14.2 Å². The van der Waals surface area contributed by atoms with Gasteiger partial charge in [-0.1, -0.05) is 78.9 Å². The monoisotopic (exact) mass is 751 g/mol. The van der Waals surface area contributed by atoms with E-state index >= 15 is 0 Å². The quantitative estimate of drug-likeness (QED) is 0.0722. The third-order valence-electron chi connectivity index (χ3n) is 7.53. The highest BCUT2D eigenvalue weighted by molar-refractivity contribution is 7.86. The van der Waals surface area contributed by atoms with E-state index in [1.165, 1.54) is 44.6 Å². The first kappa shape index (κ1) is 36.6.